The van der Waals surface area contributed by atoms with Gasteiger partial charge in [-0.3, -0.25) is 4.57 Å². The van der Waals surface area contributed by atoms with E-state index in [2.05, 4.69) is 19.9 Å². The maximum atomic E-state index is 13.7. The van der Waals surface area contributed by atoms with Crippen molar-refractivity contribution in [3.05, 3.63) is 80.7 Å². The Morgan fingerprint density at radius 2 is 1.64 bits per heavy atom. The molecule has 18 heteroatoms. The third kappa shape index (κ3) is 6.83. The minimum absolute atomic E-state index is 0.0417. The van der Waals surface area contributed by atoms with Gasteiger partial charge in [-0.15, -0.1) is 10.2 Å². The second-order valence-corrected chi connectivity index (χ2v) is 9.52. The lowest BCUT2D eigenvalue weighted by Crippen LogP contribution is -2.41. The van der Waals surface area contributed by atoms with Crippen molar-refractivity contribution in [3.63, 3.8) is 0 Å². The van der Waals surface area contributed by atoms with Crippen LogP contribution in [-0.4, -0.2) is 53.6 Å². The van der Waals surface area contributed by atoms with Crippen LogP contribution in [0.4, 0.5) is 22.8 Å². The highest BCUT2D eigenvalue weighted by Gasteiger charge is 2.44. The smallest absolute Gasteiger partial charge is 0.427 e. The Morgan fingerprint density at radius 3 is 2.24 bits per heavy atom. The largest absolute Gasteiger partial charge is 0.438 e. The van der Waals surface area contributed by atoms with E-state index in [4.69, 9.17) is 39.4 Å². The van der Waals surface area contributed by atoms with Gasteiger partial charge in [0.15, 0.2) is 23.6 Å². The zero-order valence-corrected chi connectivity index (χ0v) is 23.0. The summed E-state index contributed by atoms with van der Waals surface area (Å²) in [5, 5.41) is 9.16. The first kappa shape index (κ1) is 30.4. The number of aromatic nitrogens is 6. The van der Waals surface area contributed by atoms with E-state index in [-0.39, 0.29) is 28.1 Å². The number of rotatable bonds is 9. The molecule has 0 unspecified atom stereocenters. The van der Waals surface area contributed by atoms with Crippen molar-refractivity contribution < 1.29 is 32.2 Å². The molecule has 42 heavy (non-hydrogen) atoms. The van der Waals surface area contributed by atoms with Gasteiger partial charge in [0.25, 0.3) is 0 Å². The molecule has 2 aromatic heterocycles. The van der Waals surface area contributed by atoms with Gasteiger partial charge in [0.05, 0.1) is 17.3 Å². The average molecular weight is 629 g/mol. The first-order valence-electron chi connectivity index (χ1n) is 11.9. The van der Waals surface area contributed by atoms with Gasteiger partial charge in [-0.05, 0) is 43.3 Å². The van der Waals surface area contributed by atoms with Crippen LogP contribution in [0.25, 0.3) is 17.1 Å². The van der Waals surface area contributed by atoms with Crippen molar-refractivity contribution in [1.29, 1.82) is 0 Å². The lowest BCUT2D eigenvalue weighted by Gasteiger charge is -2.20. The molecule has 0 saturated carbocycles. The molecule has 0 aliphatic carbocycles. The number of carbonyl (C=O) groups is 2. The molecule has 0 radical (unpaired) electrons. The second kappa shape index (κ2) is 12.1. The van der Waals surface area contributed by atoms with Crippen LogP contribution >= 0.6 is 23.2 Å². The fraction of sp³-hybridized carbons (Fsp3) is 0.250. The third-order valence-electron chi connectivity index (χ3n) is 5.70. The molecule has 4 rings (SSSR count). The van der Waals surface area contributed by atoms with E-state index in [0.717, 1.165) is 4.68 Å². The van der Waals surface area contributed by atoms with Gasteiger partial charge in [-0.1, -0.05) is 35.3 Å². The number of ether oxygens (including phenoxy) is 2. The second-order valence-electron chi connectivity index (χ2n) is 8.68. The van der Waals surface area contributed by atoms with Gasteiger partial charge in [-0.2, -0.15) is 13.2 Å². The van der Waals surface area contributed by atoms with Crippen molar-refractivity contribution in [3.8, 4) is 17.1 Å². The quantitative estimate of drug-likeness (QED) is 0.281. The van der Waals surface area contributed by atoms with E-state index in [9.17, 15) is 27.6 Å². The van der Waals surface area contributed by atoms with Crippen LogP contribution in [-0.2, 0) is 22.6 Å². The number of halogens is 5. The Hall–Kier alpha value is -4.57. The number of nitrogens with two attached hydrogens (primary N) is 2. The number of para-hydroxylation sites is 1. The van der Waals surface area contributed by atoms with Crippen molar-refractivity contribution in [1.82, 2.24) is 29.1 Å². The van der Waals surface area contributed by atoms with Gasteiger partial charge >= 0.3 is 24.1 Å². The molecule has 2 atom stereocenters. The molecular formula is C24H21Cl2F3N8O5. The maximum Gasteiger partial charge on any atom is 0.427 e. The standard InChI is InChI=1S/C24H21Cl2F3N8O5/c1-12(41-21(30)38)19-32-18(33-37(19)16-5-3-2-4-15(16)26)11-36-23(40)35(10-17(24(27,28)29)42-22(31)39)20(34-36)13-6-8-14(25)9-7-13/h2-9,12,17H,10-11H2,1H3,(H2,30,38)(H2,31,39)/t12-,17-/m0/s1. The van der Waals surface area contributed by atoms with Crippen molar-refractivity contribution >= 4 is 35.4 Å². The molecule has 13 nitrogen and oxygen atoms in total. The Labute approximate surface area is 244 Å². The summed E-state index contributed by atoms with van der Waals surface area (Å²) in [6, 6.07) is 12.3. The zero-order chi connectivity index (χ0) is 30.8. The van der Waals surface area contributed by atoms with Gasteiger partial charge < -0.3 is 20.9 Å². The van der Waals surface area contributed by atoms with Gasteiger partial charge in [0.2, 0.25) is 6.10 Å². The van der Waals surface area contributed by atoms with Crippen molar-refractivity contribution in [2.45, 2.75) is 38.4 Å². The summed E-state index contributed by atoms with van der Waals surface area (Å²) < 4.78 is 53.1. The summed E-state index contributed by atoms with van der Waals surface area (Å²) in [7, 11) is 0. The summed E-state index contributed by atoms with van der Waals surface area (Å²) in [6.45, 7) is -0.117. The summed E-state index contributed by atoms with van der Waals surface area (Å²) in [5.74, 6) is -0.163. The molecule has 0 saturated heterocycles. The SMILES string of the molecule is C[C@H](OC(N)=O)c1nc(Cn2nc(-c3ccc(Cl)cc3)n(C[C@H](OC(N)=O)C(F)(F)F)c2=O)nn1-c1ccccc1Cl. The molecular weight excluding hydrogens is 608 g/mol. The Balaban J connectivity index is 1.81. The number of hydrogen-bond acceptors (Lipinski definition) is 8. The first-order valence-corrected chi connectivity index (χ1v) is 12.6. The first-order chi connectivity index (χ1) is 19.7. The van der Waals surface area contributed by atoms with Crippen LogP contribution in [0.3, 0.4) is 0 Å². The number of hydrogen-bond donors (Lipinski definition) is 2. The zero-order valence-electron chi connectivity index (χ0n) is 21.5. The highest BCUT2D eigenvalue weighted by atomic mass is 35.5. The Kier molecular flexibility index (Phi) is 8.77. The van der Waals surface area contributed by atoms with Gasteiger partial charge in [0, 0.05) is 10.6 Å². The van der Waals surface area contributed by atoms with E-state index < -0.39 is 49.3 Å². The lowest BCUT2D eigenvalue weighted by molar-refractivity contribution is -0.206. The number of carbonyl (C=O) groups excluding carboxylic acids is 2. The van der Waals surface area contributed by atoms with Crippen LogP contribution in [0.15, 0.2) is 53.3 Å². The van der Waals surface area contributed by atoms with Crippen LogP contribution in [0.1, 0.15) is 24.7 Å². The lowest BCUT2D eigenvalue weighted by atomic mass is 10.2. The average Bonchev–Trinajstić information content (AvgIpc) is 3.45. The molecule has 222 valence electrons. The van der Waals surface area contributed by atoms with E-state index in [1.807, 2.05) is 0 Å². The van der Waals surface area contributed by atoms with Crippen LogP contribution in [0.2, 0.25) is 10.0 Å². The molecule has 4 N–H and O–H groups in total. The minimum atomic E-state index is -5.06. The molecule has 2 amide bonds. The summed E-state index contributed by atoms with van der Waals surface area (Å²) in [5.41, 5.74) is 9.55. The minimum Gasteiger partial charge on any atom is -0.438 e. The summed E-state index contributed by atoms with van der Waals surface area (Å²) in [4.78, 5) is 40.3. The highest BCUT2D eigenvalue weighted by Crippen LogP contribution is 2.27. The molecule has 2 aromatic carbocycles. The number of amides is 2. The predicted octanol–water partition coefficient (Wildman–Crippen LogP) is 3.83. The van der Waals surface area contributed by atoms with Crippen LogP contribution < -0.4 is 17.2 Å². The summed E-state index contributed by atoms with van der Waals surface area (Å²) >= 11 is 12.3. The summed E-state index contributed by atoms with van der Waals surface area (Å²) in [6.07, 6.45) is -11.6. The molecule has 0 bridgehead atoms. The Bertz CT molecular complexity index is 1670. The molecule has 0 aliphatic rings. The number of benzene rings is 2. The van der Waals surface area contributed by atoms with E-state index in [1.165, 1.54) is 35.9 Å². The fourth-order valence-corrected chi connectivity index (χ4v) is 4.24. The predicted molar refractivity (Wildman–Crippen MR) is 142 cm³/mol. The number of alkyl halides is 3. The molecule has 4 aromatic rings. The fourth-order valence-electron chi connectivity index (χ4n) is 3.90. The highest BCUT2D eigenvalue weighted by molar-refractivity contribution is 6.32. The molecule has 0 fully saturated rings. The Morgan fingerprint density at radius 1 is 1.00 bits per heavy atom. The van der Waals surface area contributed by atoms with E-state index in [1.54, 1.807) is 24.3 Å². The van der Waals surface area contributed by atoms with E-state index >= 15 is 0 Å². The van der Waals surface area contributed by atoms with Crippen molar-refractivity contribution in [2.24, 2.45) is 11.5 Å². The van der Waals surface area contributed by atoms with Crippen LogP contribution in [0, 0.1) is 0 Å². The number of nitrogens with zero attached hydrogens (tertiary/aromatic N) is 6. The topological polar surface area (TPSA) is 175 Å². The van der Waals surface area contributed by atoms with Gasteiger partial charge in [-0.25, -0.2) is 28.7 Å². The monoisotopic (exact) mass is 628 g/mol. The normalized spacial score (nSPS) is 13.0. The molecule has 0 spiro atoms. The molecule has 2 heterocycles. The van der Waals surface area contributed by atoms with Gasteiger partial charge in [0.1, 0.15) is 6.54 Å². The maximum absolute atomic E-state index is 13.7. The van der Waals surface area contributed by atoms with Crippen LogP contribution in [0.5, 0.6) is 0 Å². The van der Waals surface area contributed by atoms with E-state index in [0.29, 0.717) is 15.3 Å². The van der Waals surface area contributed by atoms with Crippen molar-refractivity contribution in [2.75, 3.05) is 0 Å². The number of primary amides is 2. The third-order valence-corrected chi connectivity index (χ3v) is 6.27. The molecule has 0 aliphatic heterocycles.